The largest absolute Gasteiger partial charge is 0.352 e. The van der Waals surface area contributed by atoms with Crippen LogP contribution in [0.1, 0.15) is 48.0 Å². The van der Waals surface area contributed by atoms with Crippen LogP contribution < -0.4 is 15.4 Å². The molecule has 0 aromatic heterocycles. The zero-order valence-corrected chi connectivity index (χ0v) is 17.1. The molecule has 2 aromatic carbocycles. The zero-order valence-electron chi connectivity index (χ0n) is 16.2. The summed E-state index contributed by atoms with van der Waals surface area (Å²) in [7, 11) is 0. The lowest BCUT2D eigenvalue weighted by molar-refractivity contribution is 0.0953. The molecule has 7 heteroatoms. The number of nitrogens with one attached hydrogen (secondary N) is 3. The van der Waals surface area contributed by atoms with Crippen molar-refractivity contribution >= 4 is 23.9 Å². The number of amides is 3. The summed E-state index contributed by atoms with van der Waals surface area (Å²) in [6, 6.07) is 13.6. The molecule has 2 aromatic rings. The average molecular weight is 416 g/mol. The maximum absolute atomic E-state index is 13.2. The number of benzene rings is 2. The van der Waals surface area contributed by atoms with Crippen LogP contribution in [0.15, 0.2) is 53.4 Å². The van der Waals surface area contributed by atoms with Crippen LogP contribution in [-0.2, 0) is 6.42 Å². The van der Waals surface area contributed by atoms with Crippen molar-refractivity contribution in [2.75, 3.05) is 6.54 Å². The van der Waals surface area contributed by atoms with Crippen molar-refractivity contribution in [2.24, 2.45) is 0 Å². The summed E-state index contributed by atoms with van der Waals surface area (Å²) in [6.45, 7) is 0.462. The summed E-state index contributed by atoms with van der Waals surface area (Å²) in [5.41, 5.74) is 1.38. The van der Waals surface area contributed by atoms with Crippen LogP contribution >= 0.6 is 11.9 Å². The molecule has 3 N–H and O–H groups in total. The van der Waals surface area contributed by atoms with Crippen LogP contribution in [0.4, 0.5) is 9.18 Å². The Kier molecular flexibility index (Phi) is 7.93. The molecule has 0 saturated heterocycles. The van der Waals surface area contributed by atoms with Gasteiger partial charge >= 0.3 is 6.03 Å². The van der Waals surface area contributed by atoms with Crippen molar-refractivity contribution < 1.29 is 14.0 Å². The van der Waals surface area contributed by atoms with E-state index in [0.29, 0.717) is 18.5 Å². The third-order valence-corrected chi connectivity index (χ3v) is 5.71. The second-order valence-corrected chi connectivity index (χ2v) is 8.05. The molecule has 3 amide bonds. The summed E-state index contributed by atoms with van der Waals surface area (Å²) in [4.78, 5) is 24.9. The van der Waals surface area contributed by atoms with Gasteiger partial charge in [0.2, 0.25) is 0 Å². The summed E-state index contributed by atoms with van der Waals surface area (Å²) < 4.78 is 16.0. The molecular weight excluding hydrogens is 389 g/mol. The minimum atomic E-state index is -0.424. The van der Waals surface area contributed by atoms with Crippen molar-refractivity contribution in [1.29, 1.82) is 0 Å². The second-order valence-electron chi connectivity index (χ2n) is 7.17. The monoisotopic (exact) mass is 415 g/mol. The fourth-order valence-electron chi connectivity index (χ4n) is 3.34. The molecule has 0 spiro atoms. The summed E-state index contributed by atoms with van der Waals surface area (Å²) >= 11 is 1.29. The van der Waals surface area contributed by atoms with Gasteiger partial charge in [0, 0.05) is 23.0 Å². The van der Waals surface area contributed by atoms with Crippen molar-refractivity contribution in [3.63, 3.8) is 0 Å². The highest BCUT2D eigenvalue weighted by Gasteiger charge is 2.15. The topological polar surface area (TPSA) is 70.2 Å². The van der Waals surface area contributed by atoms with Gasteiger partial charge in [-0.25, -0.2) is 9.18 Å². The fourth-order valence-corrected chi connectivity index (χ4v) is 3.89. The van der Waals surface area contributed by atoms with E-state index < -0.39 is 5.82 Å². The first-order valence-electron chi connectivity index (χ1n) is 9.96. The van der Waals surface area contributed by atoms with Crippen molar-refractivity contribution in [3.8, 4) is 0 Å². The first kappa shape index (κ1) is 21.2. The number of hydrogen-bond acceptors (Lipinski definition) is 3. The number of hydrogen-bond donors (Lipinski definition) is 3. The lowest BCUT2D eigenvalue weighted by Crippen LogP contribution is -2.40. The fraction of sp³-hybridized carbons (Fsp3) is 0.364. The van der Waals surface area contributed by atoms with Crippen molar-refractivity contribution in [1.82, 2.24) is 15.4 Å². The third kappa shape index (κ3) is 7.09. The van der Waals surface area contributed by atoms with Crippen LogP contribution in [0.3, 0.4) is 0 Å². The highest BCUT2D eigenvalue weighted by molar-refractivity contribution is 7.98. The van der Waals surface area contributed by atoms with Crippen LogP contribution in [0.2, 0.25) is 0 Å². The number of urea groups is 1. The Balaban J connectivity index is 1.37. The van der Waals surface area contributed by atoms with Gasteiger partial charge in [-0.2, -0.15) is 0 Å². The lowest BCUT2D eigenvalue weighted by Gasteiger charge is -2.22. The van der Waals surface area contributed by atoms with Gasteiger partial charge in [-0.1, -0.05) is 37.5 Å². The summed E-state index contributed by atoms with van der Waals surface area (Å²) in [5.74, 6) is -0.711. The number of carbonyl (C=O) groups excluding carboxylic acids is 2. The standard InChI is InChI=1S/C22H26FN3O2S/c23-18-6-4-5-17(15-18)21(27)24-14-13-16-9-11-20(12-10-16)29-26-22(28)25-19-7-2-1-3-8-19/h4-6,9-12,15,19H,1-3,7-8,13-14H2,(H,24,27)(H2,25,26,28). The van der Waals surface area contributed by atoms with E-state index in [4.69, 9.17) is 0 Å². The molecule has 0 atom stereocenters. The Labute approximate surface area is 175 Å². The van der Waals surface area contributed by atoms with Gasteiger partial charge < -0.3 is 10.6 Å². The maximum Gasteiger partial charge on any atom is 0.325 e. The molecule has 0 aliphatic heterocycles. The van der Waals surface area contributed by atoms with Crippen LogP contribution in [0.25, 0.3) is 0 Å². The van der Waals surface area contributed by atoms with E-state index in [0.717, 1.165) is 23.3 Å². The molecule has 154 valence electrons. The Hall–Kier alpha value is -2.54. The Morgan fingerprint density at radius 1 is 1.03 bits per heavy atom. The number of rotatable bonds is 7. The molecule has 0 bridgehead atoms. The van der Waals surface area contributed by atoms with Gasteiger partial charge in [0.05, 0.1) is 0 Å². The van der Waals surface area contributed by atoms with Gasteiger partial charge in [-0.05, 0) is 67.1 Å². The Morgan fingerprint density at radius 2 is 1.79 bits per heavy atom. The number of halogens is 1. The van der Waals surface area contributed by atoms with Crippen molar-refractivity contribution in [3.05, 3.63) is 65.5 Å². The van der Waals surface area contributed by atoms with Crippen molar-refractivity contribution in [2.45, 2.75) is 49.5 Å². The molecule has 29 heavy (non-hydrogen) atoms. The first-order chi connectivity index (χ1) is 14.1. The van der Waals surface area contributed by atoms with E-state index in [1.165, 1.54) is 49.4 Å². The molecular formula is C22H26FN3O2S. The average Bonchev–Trinajstić information content (AvgIpc) is 2.74. The molecule has 1 aliphatic rings. The molecule has 3 rings (SSSR count). The minimum Gasteiger partial charge on any atom is -0.352 e. The normalized spacial score (nSPS) is 14.2. The van der Waals surface area contributed by atoms with Gasteiger partial charge in [0.25, 0.3) is 5.91 Å². The van der Waals surface area contributed by atoms with Crippen LogP contribution in [0, 0.1) is 5.82 Å². The smallest absolute Gasteiger partial charge is 0.325 e. The van der Waals surface area contributed by atoms with Crippen LogP contribution in [0.5, 0.6) is 0 Å². The summed E-state index contributed by atoms with van der Waals surface area (Å²) in [5, 5.41) is 5.81. The number of carbonyl (C=O) groups is 2. The minimum absolute atomic E-state index is 0.147. The van der Waals surface area contributed by atoms with E-state index in [1.54, 1.807) is 6.07 Å². The van der Waals surface area contributed by atoms with Gasteiger partial charge in [0.15, 0.2) is 0 Å². The van der Waals surface area contributed by atoms with E-state index in [1.807, 2.05) is 24.3 Å². The predicted octanol–water partition coefficient (Wildman–Crippen LogP) is 4.44. The zero-order chi connectivity index (χ0) is 20.5. The van der Waals surface area contributed by atoms with E-state index >= 15 is 0 Å². The van der Waals surface area contributed by atoms with Gasteiger partial charge in [-0.15, -0.1) is 0 Å². The van der Waals surface area contributed by atoms with Gasteiger partial charge in [-0.3, -0.25) is 9.52 Å². The lowest BCUT2D eigenvalue weighted by atomic mass is 9.96. The molecule has 0 heterocycles. The molecule has 1 fully saturated rings. The van der Waals surface area contributed by atoms with E-state index in [2.05, 4.69) is 15.4 Å². The molecule has 1 saturated carbocycles. The maximum atomic E-state index is 13.2. The SMILES string of the molecule is O=C(NSc1ccc(CCNC(=O)c2cccc(F)c2)cc1)NC1CCCCC1. The first-order valence-corrected chi connectivity index (χ1v) is 10.8. The predicted molar refractivity (Wildman–Crippen MR) is 113 cm³/mol. The highest BCUT2D eigenvalue weighted by Crippen LogP contribution is 2.18. The Morgan fingerprint density at radius 3 is 2.52 bits per heavy atom. The van der Waals surface area contributed by atoms with Gasteiger partial charge in [0.1, 0.15) is 5.82 Å². The molecule has 1 aliphatic carbocycles. The molecule has 5 nitrogen and oxygen atoms in total. The quantitative estimate of drug-likeness (QED) is 0.586. The second kappa shape index (κ2) is 10.9. The molecule has 0 radical (unpaired) electrons. The highest BCUT2D eigenvalue weighted by atomic mass is 32.2. The molecule has 0 unspecified atom stereocenters. The van der Waals surface area contributed by atoms with E-state index in [9.17, 15) is 14.0 Å². The van der Waals surface area contributed by atoms with E-state index in [-0.39, 0.29) is 18.0 Å². The van der Waals surface area contributed by atoms with Crippen LogP contribution in [-0.4, -0.2) is 24.5 Å². The third-order valence-electron chi connectivity index (χ3n) is 4.91. The Bertz CT molecular complexity index is 823. The summed E-state index contributed by atoms with van der Waals surface area (Å²) in [6.07, 6.45) is 6.41.